The van der Waals surface area contributed by atoms with E-state index in [-0.39, 0.29) is 18.0 Å². The van der Waals surface area contributed by atoms with Crippen LogP contribution in [0.2, 0.25) is 0 Å². The van der Waals surface area contributed by atoms with E-state index >= 15 is 0 Å². The fourth-order valence-corrected chi connectivity index (χ4v) is 2.68. The highest BCUT2D eigenvalue weighted by atomic mass is 16.2. The predicted molar refractivity (Wildman–Crippen MR) is 73.3 cm³/mol. The molecule has 1 aliphatic heterocycles. The number of aryl methyl sites for hydroxylation is 1. The minimum absolute atomic E-state index is 0.222. The molecule has 1 fully saturated rings. The Morgan fingerprint density at radius 1 is 1.50 bits per heavy atom. The van der Waals surface area contributed by atoms with Crippen molar-refractivity contribution < 1.29 is 4.79 Å². The normalized spacial score (nSPS) is 24.1. The Labute approximate surface area is 109 Å². The van der Waals surface area contributed by atoms with Crippen molar-refractivity contribution >= 4 is 5.91 Å². The van der Waals surface area contributed by atoms with Gasteiger partial charge in [0.2, 0.25) is 5.91 Å². The molecule has 1 heterocycles. The monoisotopic (exact) mass is 246 g/mol. The summed E-state index contributed by atoms with van der Waals surface area (Å²) in [6.07, 6.45) is 2.34. The van der Waals surface area contributed by atoms with Gasteiger partial charge in [0.05, 0.1) is 6.42 Å². The van der Waals surface area contributed by atoms with E-state index < -0.39 is 0 Å². The summed E-state index contributed by atoms with van der Waals surface area (Å²) in [5, 5.41) is 0. The molecule has 18 heavy (non-hydrogen) atoms. The minimum atomic E-state index is 0.222. The first-order valence-corrected chi connectivity index (χ1v) is 6.67. The van der Waals surface area contributed by atoms with Gasteiger partial charge in [-0.1, -0.05) is 29.8 Å². The van der Waals surface area contributed by atoms with Crippen molar-refractivity contribution in [2.45, 2.75) is 45.2 Å². The van der Waals surface area contributed by atoms with Gasteiger partial charge < -0.3 is 10.6 Å². The largest absolute Gasteiger partial charge is 0.340 e. The molecule has 3 heteroatoms. The van der Waals surface area contributed by atoms with Crippen LogP contribution in [0.3, 0.4) is 0 Å². The highest BCUT2D eigenvalue weighted by molar-refractivity contribution is 5.79. The van der Waals surface area contributed by atoms with Crippen LogP contribution in [0, 0.1) is 6.92 Å². The lowest BCUT2D eigenvalue weighted by molar-refractivity contribution is -0.133. The number of benzene rings is 1. The van der Waals surface area contributed by atoms with E-state index in [1.54, 1.807) is 0 Å². The smallest absolute Gasteiger partial charge is 0.227 e. The number of piperidine rings is 1. The number of carbonyl (C=O) groups is 1. The van der Waals surface area contributed by atoms with Crippen molar-refractivity contribution in [3.8, 4) is 0 Å². The Kier molecular flexibility index (Phi) is 4.02. The first kappa shape index (κ1) is 13.1. The third-order valence-corrected chi connectivity index (χ3v) is 3.67. The zero-order valence-corrected chi connectivity index (χ0v) is 11.2. The molecule has 0 aromatic heterocycles. The van der Waals surface area contributed by atoms with Gasteiger partial charge >= 0.3 is 0 Å². The van der Waals surface area contributed by atoms with Gasteiger partial charge in [0, 0.05) is 18.6 Å². The maximum atomic E-state index is 12.3. The molecule has 3 nitrogen and oxygen atoms in total. The van der Waals surface area contributed by atoms with Gasteiger partial charge in [-0.2, -0.15) is 0 Å². The maximum Gasteiger partial charge on any atom is 0.227 e. The second-order valence-electron chi connectivity index (χ2n) is 5.39. The predicted octanol–water partition coefficient (Wildman–Crippen LogP) is 1.88. The van der Waals surface area contributed by atoms with Crippen molar-refractivity contribution in [2.75, 3.05) is 6.54 Å². The third kappa shape index (κ3) is 3.10. The van der Waals surface area contributed by atoms with Gasteiger partial charge in [0.1, 0.15) is 0 Å². The van der Waals surface area contributed by atoms with Gasteiger partial charge in [0.15, 0.2) is 0 Å². The van der Waals surface area contributed by atoms with E-state index in [1.165, 1.54) is 5.56 Å². The van der Waals surface area contributed by atoms with Gasteiger partial charge in [0.25, 0.3) is 0 Å². The highest BCUT2D eigenvalue weighted by Crippen LogP contribution is 2.17. The lowest BCUT2D eigenvalue weighted by atomic mass is 9.98. The Morgan fingerprint density at radius 2 is 2.28 bits per heavy atom. The third-order valence-electron chi connectivity index (χ3n) is 3.67. The number of likely N-dealkylation sites (tertiary alicyclic amines) is 1. The fourth-order valence-electron chi connectivity index (χ4n) is 2.68. The molecule has 1 amide bonds. The van der Waals surface area contributed by atoms with Crippen LogP contribution in [0.5, 0.6) is 0 Å². The number of nitrogens with zero attached hydrogens (tertiary/aromatic N) is 1. The number of amides is 1. The van der Waals surface area contributed by atoms with Crippen LogP contribution in [0.25, 0.3) is 0 Å². The molecule has 98 valence electrons. The number of carbonyl (C=O) groups excluding carboxylic acids is 1. The molecule has 2 N–H and O–H groups in total. The average Bonchev–Trinajstić information content (AvgIpc) is 2.28. The second kappa shape index (κ2) is 5.53. The fraction of sp³-hybridized carbons (Fsp3) is 0.533. The van der Waals surface area contributed by atoms with Crippen molar-refractivity contribution in [3.05, 3.63) is 35.4 Å². The summed E-state index contributed by atoms with van der Waals surface area (Å²) in [6, 6.07) is 8.68. The average molecular weight is 246 g/mol. The van der Waals surface area contributed by atoms with Crippen LogP contribution in [-0.2, 0) is 11.2 Å². The lowest BCUT2D eigenvalue weighted by Crippen LogP contribution is -2.48. The minimum Gasteiger partial charge on any atom is -0.340 e. The molecule has 0 spiro atoms. The van der Waals surface area contributed by atoms with E-state index in [2.05, 4.69) is 26.0 Å². The number of nitrogens with two attached hydrogens (primary N) is 1. The van der Waals surface area contributed by atoms with Crippen molar-refractivity contribution in [3.63, 3.8) is 0 Å². The summed E-state index contributed by atoms with van der Waals surface area (Å²) in [4.78, 5) is 14.3. The molecule has 1 aliphatic rings. The van der Waals surface area contributed by atoms with Crippen LogP contribution < -0.4 is 5.73 Å². The van der Waals surface area contributed by atoms with Crippen molar-refractivity contribution in [1.29, 1.82) is 0 Å². The van der Waals surface area contributed by atoms with Crippen LogP contribution in [0.1, 0.15) is 30.9 Å². The van der Waals surface area contributed by atoms with Crippen molar-refractivity contribution in [2.24, 2.45) is 5.73 Å². The van der Waals surface area contributed by atoms with Gasteiger partial charge in [-0.25, -0.2) is 0 Å². The molecule has 0 saturated carbocycles. The Hall–Kier alpha value is -1.35. The molecule has 0 bridgehead atoms. The van der Waals surface area contributed by atoms with Crippen LogP contribution >= 0.6 is 0 Å². The molecule has 0 radical (unpaired) electrons. The first-order valence-electron chi connectivity index (χ1n) is 6.67. The molecule has 1 aromatic carbocycles. The summed E-state index contributed by atoms with van der Waals surface area (Å²) in [7, 11) is 0. The standard InChI is InChI=1S/C15H22N2O/c1-11-4-3-5-13(8-11)10-15(18)17-7-6-14(16)9-12(17)2/h3-5,8,12,14H,6-7,9-10,16H2,1-2H3/t12-,14+/m0/s1. The maximum absolute atomic E-state index is 12.3. The molecule has 1 saturated heterocycles. The van der Waals surface area contributed by atoms with Crippen LogP contribution in [0.4, 0.5) is 0 Å². The van der Waals surface area contributed by atoms with Crippen LogP contribution in [0.15, 0.2) is 24.3 Å². The number of hydrogen-bond acceptors (Lipinski definition) is 2. The topological polar surface area (TPSA) is 46.3 Å². The molecular formula is C15H22N2O. The number of rotatable bonds is 2. The molecular weight excluding hydrogens is 224 g/mol. The van der Waals surface area contributed by atoms with Gasteiger partial charge in [-0.05, 0) is 32.3 Å². The van der Waals surface area contributed by atoms with Crippen LogP contribution in [-0.4, -0.2) is 29.4 Å². The lowest BCUT2D eigenvalue weighted by Gasteiger charge is -2.36. The quantitative estimate of drug-likeness (QED) is 0.866. The Morgan fingerprint density at radius 3 is 2.94 bits per heavy atom. The molecule has 0 unspecified atom stereocenters. The summed E-state index contributed by atoms with van der Waals surface area (Å²) in [5.74, 6) is 0.222. The molecule has 1 aromatic rings. The van der Waals surface area contributed by atoms with E-state index in [0.29, 0.717) is 6.42 Å². The van der Waals surface area contributed by atoms with E-state index in [1.807, 2.05) is 17.0 Å². The zero-order valence-electron chi connectivity index (χ0n) is 11.2. The molecule has 0 aliphatic carbocycles. The van der Waals surface area contributed by atoms with Gasteiger partial charge in [-0.15, -0.1) is 0 Å². The Balaban J connectivity index is 1.99. The SMILES string of the molecule is Cc1cccc(CC(=O)N2CC[C@@H](N)C[C@@H]2C)c1. The first-order chi connectivity index (χ1) is 8.56. The second-order valence-corrected chi connectivity index (χ2v) is 5.39. The van der Waals surface area contributed by atoms with E-state index in [4.69, 9.17) is 5.73 Å². The Bertz CT molecular complexity index is 430. The zero-order chi connectivity index (χ0) is 13.1. The summed E-state index contributed by atoms with van der Waals surface area (Å²) in [5.41, 5.74) is 8.22. The van der Waals surface area contributed by atoms with E-state index in [0.717, 1.165) is 24.9 Å². The van der Waals surface area contributed by atoms with Crippen molar-refractivity contribution in [1.82, 2.24) is 4.90 Å². The number of hydrogen-bond donors (Lipinski definition) is 1. The van der Waals surface area contributed by atoms with E-state index in [9.17, 15) is 4.79 Å². The summed E-state index contributed by atoms with van der Waals surface area (Å²) in [6.45, 7) is 4.94. The molecule has 2 rings (SSSR count). The molecule has 2 atom stereocenters. The summed E-state index contributed by atoms with van der Waals surface area (Å²) < 4.78 is 0. The van der Waals surface area contributed by atoms with Gasteiger partial charge in [-0.3, -0.25) is 4.79 Å². The highest BCUT2D eigenvalue weighted by Gasteiger charge is 2.26. The summed E-state index contributed by atoms with van der Waals surface area (Å²) >= 11 is 0.